The molecule has 0 atom stereocenters. The number of anilines is 1. The van der Waals surface area contributed by atoms with Crippen LogP contribution in [0.1, 0.15) is 24.2 Å². The molecule has 0 aliphatic heterocycles. The van der Waals surface area contributed by atoms with Gasteiger partial charge in [-0.05, 0) is 0 Å². The number of aromatic carboxylic acids is 1. The fourth-order valence-corrected chi connectivity index (χ4v) is 1.08. The number of rotatable bonds is 3. The zero-order valence-electron chi connectivity index (χ0n) is 9.65. The van der Waals surface area contributed by atoms with Gasteiger partial charge >= 0.3 is 5.97 Å². The molecule has 0 aliphatic rings. The minimum Gasteiger partial charge on any atom is -0.478 e. The summed E-state index contributed by atoms with van der Waals surface area (Å²) in [7, 11) is 1.38. The number of hydrogen-bond donors (Lipinski definition) is 2. The first-order valence-corrected chi connectivity index (χ1v) is 4.86. The highest BCUT2D eigenvalue weighted by Crippen LogP contribution is 2.27. The maximum Gasteiger partial charge on any atom is 0.338 e. The van der Waals surface area contributed by atoms with Gasteiger partial charge in [0.25, 0.3) is 5.69 Å². The fourth-order valence-electron chi connectivity index (χ4n) is 1.08. The Balaban J connectivity index is 0.00000121. The van der Waals surface area contributed by atoms with E-state index in [0.717, 1.165) is 6.07 Å². The number of nitrogens with zero attached hydrogens (tertiary/aromatic N) is 1. The predicted molar refractivity (Wildman–Crippen MR) is 60.9 cm³/mol. The Kier molecular flexibility index (Phi) is 5.59. The molecule has 2 N–H and O–H groups in total. The van der Waals surface area contributed by atoms with Crippen LogP contribution in [-0.4, -0.2) is 23.0 Å². The van der Waals surface area contributed by atoms with Crippen LogP contribution in [0, 0.1) is 15.9 Å². The lowest BCUT2D eigenvalue weighted by atomic mass is 10.1. The molecule has 0 spiro atoms. The van der Waals surface area contributed by atoms with E-state index in [9.17, 15) is 19.3 Å². The summed E-state index contributed by atoms with van der Waals surface area (Å²) in [5.41, 5.74) is -1.26. The van der Waals surface area contributed by atoms with Crippen molar-refractivity contribution in [2.45, 2.75) is 13.8 Å². The monoisotopic (exact) mass is 244 g/mol. The van der Waals surface area contributed by atoms with Crippen LogP contribution in [0.2, 0.25) is 0 Å². The first-order chi connectivity index (χ1) is 7.97. The van der Waals surface area contributed by atoms with Crippen LogP contribution in [0.4, 0.5) is 15.8 Å². The second-order valence-corrected chi connectivity index (χ2v) is 2.66. The summed E-state index contributed by atoms with van der Waals surface area (Å²) in [5.74, 6) is -2.56. The van der Waals surface area contributed by atoms with Gasteiger partial charge in [0.2, 0.25) is 0 Å². The lowest BCUT2D eigenvalue weighted by Crippen LogP contribution is -2.05. The summed E-state index contributed by atoms with van der Waals surface area (Å²) in [6.45, 7) is 4.00. The van der Waals surface area contributed by atoms with E-state index in [0.29, 0.717) is 6.07 Å². The third kappa shape index (κ3) is 3.40. The largest absolute Gasteiger partial charge is 0.478 e. The average molecular weight is 244 g/mol. The van der Waals surface area contributed by atoms with Crippen LogP contribution in [0.25, 0.3) is 0 Å². The van der Waals surface area contributed by atoms with E-state index in [1.165, 1.54) is 7.05 Å². The van der Waals surface area contributed by atoms with Crippen molar-refractivity contribution in [2.75, 3.05) is 12.4 Å². The van der Waals surface area contributed by atoms with Crippen LogP contribution in [0.5, 0.6) is 0 Å². The van der Waals surface area contributed by atoms with Crippen LogP contribution >= 0.6 is 0 Å². The van der Waals surface area contributed by atoms with Crippen molar-refractivity contribution >= 4 is 17.3 Å². The Morgan fingerprint density at radius 3 is 2.35 bits per heavy atom. The summed E-state index contributed by atoms with van der Waals surface area (Å²) in [6.07, 6.45) is 0. The maximum atomic E-state index is 13.1. The Labute approximate surface area is 97.2 Å². The molecule has 0 amide bonds. The number of nitro groups is 1. The third-order valence-corrected chi connectivity index (χ3v) is 1.78. The quantitative estimate of drug-likeness (QED) is 0.629. The van der Waals surface area contributed by atoms with Gasteiger partial charge in [-0.3, -0.25) is 10.1 Å². The van der Waals surface area contributed by atoms with Gasteiger partial charge in [-0.1, -0.05) is 13.8 Å². The van der Waals surface area contributed by atoms with Crippen molar-refractivity contribution in [3.8, 4) is 0 Å². The molecule has 0 bridgehead atoms. The summed E-state index contributed by atoms with van der Waals surface area (Å²) < 4.78 is 13.1. The van der Waals surface area contributed by atoms with Crippen LogP contribution in [0.15, 0.2) is 12.1 Å². The van der Waals surface area contributed by atoms with Gasteiger partial charge in [0.15, 0.2) is 0 Å². The van der Waals surface area contributed by atoms with Gasteiger partial charge in [-0.2, -0.15) is 0 Å². The lowest BCUT2D eigenvalue weighted by Gasteiger charge is -2.03. The van der Waals surface area contributed by atoms with Crippen LogP contribution in [0.3, 0.4) is 0 Å². The van der Waals surface area contributed by atoms with Crippen molar-refractivity contribution in [1.29, 1.82) is 0 Å². The predicted octanol–water partition coefficient (Wildman–Crippen LogP) is 2.50. The zero-order valence-corrected chi connectivity index (χ0v) is 9.65. The van der Waals surface area contributed by atoms with E-state index in [4.69, 9.17) is 5.11 Å². The van der Waals surface area contributed by atoms with Crippen LogP contribution < -0.4 is 5.32 Å². The fraction of sp³-hybridized carbons (Fsp3) is 0.300. The molecule has 1 aromatic rings. The molecule has 0 saturated carbocycles. The molecule has 7 heteroatoms. The molecule has 0 fully saturated rings. The van der Waals surface area contributed by atoms with E-state index in [1.54, 1.807) is 0 Å². The van der Waals surface area contributed by atoms with E-state index < -0.39 is 28.0 Å². The van der Waals surface area contributed by atoms with Gasteiger partial charge in [0.1, 0.15) is 17.1 Å². The molecule has 0 aliphatic carbocycles. The number of carboxylic acid groups (broad SMARTS) is 1. The number of nitro benzene ring substituents is 1. The number of carbonyl (C=O) groups is 1. The van der Waals surface area contributed by atoms with E-state index >= 15 is 0 Å². The number of hydrogen-bond acceptors (Lipinski definition) is 4. The van der Waals surface area contributed by atoms with E-state index in [1.807, 2.05) is 13.8 Å². The maximum absolute atomic E-state index is 13.1. The molecule has 0 radical (unpaired) electrons. The molecule has 0 heterocycles. The topological polar surface area (TPSA) is 92.5 Å². The highest BCUT2D eigenvalue weighted by atomic mass is 19.1. The van der Waals surface area contributed by atoms with E-state index in [2.05, 4.69) is 5.32 Å². The second kappa shape index (κ2) is 6.41. The smallest absolute Gasteiger partial charge is 0.338 e. The molecule has 6 nitrogen and oxygen atoms in total. The standard InChI is InChI=1S/C8H7FN2O4.C2H6/c1-10-6-3-5(9)4(8(12)13)2-7(6)11(14)15;1-2/h2-3,10H,1H3,(H,12,13);1-2H3. The molecule has 17 heavy (non-hydrogen) atoms. The summed E-state index contributed by atoms with van der Waals surface area (Å²) in [6, 6.07) is 1.46. The Morgan fingerprint density at radius 1 is 1.47 bits per heavy atom. The van der Waals surface area contributed by atoms with Crippen molar-refractivity contribution in [2.24, 2.45) is 0 Å². The minimum absolute atomic E-state index is 0.0671. The SMILES string of the molecule is CC.CNc1cc(F)c(C(=O)O)cc1[N+](=O)[O-]. The second-order valence-electron chi connectivity index (χ2n) is 2.66. The number of carboxylic acids is 1. The average Bonchev–Trinajstić information content (AvgIpc) is 2.30. The lowest BCUT2D eigenvalue weighted by molar-refractivity contribution is -0.384. The van der Waals surface area contributed by atoms with Crippen molar-refractivity contribution < 1.29 is 19.2 Å². The zero-order chi connectivity index (χ0) is 13.6. The first kappa shape index (κ1) is 14.8. The van der Waals surface area contributed by atoms with Gasteiger partial charge in [-0.25, -0.2) is 9.18 Å². The van der Waals surface area contributed by atoms with Gasteiger partial charge in [0.05, 0.1) is 4.92 Å². The third-order valence-electron chi connectivity index (χ3n) is 1.78. The molecule has 1 rings (SSSR count). The molecule has 0 unspecified atom stereocenters. The molecule has 0 aromatic heterocycles. The van der Waals surface area contributed by atoms with Crippen LogP contribution in [-0.2, 0) is 0 Å². The molecule has 0 saturated heterocycles. The van der Waals surface area contributed by atoms with Crippen molar-refractivity contribution in [1.82, 2.24) is 0 Å². The number of halogens is 1. The van der Waals surface area contributed by atoms with E-state index in [-0.39, 0.29) is 5.69 Å². The summed E-state index contributed by atoms with van der Waals surface area (Å²) in [4.78, 5) is 20.3. The van der Waals surface area contributed by atoms with Gasteiger partial charge < -0.3 is 10.4 Å². The molecule has 94 valence electrons. The molecular weight excluding hydrogens is 231 g/mol. The molecule has 1 aromatic carbocycles. The van der Waals surface area contributed by atoms with Crippen molar-refractivity contribution in [3.05, 3.63) is 33.6 Å². The summed E-state index contributed by atoms with van der Waals surface area (Å²) in [5, 5.41) is 21.5. The first-order valence-electron chi connectivity index (χ1n) is 4.86. The number of benzene rings is 1. The Bertz CT molecular complexity index is 435. The minimum atomic E-state index is -1.54. The Hall–Kier alpha value is -2.18. The van der Waals surface area contributed by atoms with Gasteiger partial charge in [-0.15, -0.1) is 0 Å². The number of nitrogens with one attached hydrogen (secondary N) is 1. The summed E-state index contributed by atoms with van der Waals surface area (Å²) >= 11 is 0. The van der Waals surface area contributed by atoms with Crippen molar-refractivity contribution in [3.63, 3.8) is 0 Å². The van der Waals surface area contributed by atoms with Gasteiger partial charge in [0, 0.05) is 19.2 Å². The highest BCUT2D eigenvalue weighted by Gasteiger charge is 2.20. The molecular formula is C10H13FN2O4. The Morgan fingerprint density at radius 2 is 2.00 bits per heavy atom. The normalized spacial score (nSPS) is 8.94. The highest BCUT2D eigenvalue weighted by molar-refractivity contribution is 5.90.